The Hall–Kier alpha value is -2.07. The maximum atomic E-state index is 13.4. The molecule has 4 atom stereocenters. The standard InChI is InChI=1S/C24H32N2O2/c1-5-20-19-13-26(14-21(19)24(20,25)12-15(2)3)23(27)18-10-16-8-6-7-9-17(16)11-22(18)28-4/h6-11,15,19-21H,5,12-14,25H2,1-4H3/t19-,20-,21-,24?/m1/s1. The summed E-state index contributed by atoms with van der Waals surface area (Å²) in [6.07, 6.45) is 2.12. The Kier molecular flexibility index (Phi) is 4.86. The molecular weight excluding hydrogens is 348 g/mol. The molecule has 1 saturated carbocycles. The van der Waals surface area contributed by atoms with Gasteiger partial charge in [-0.25, -0.2) is 0 Å². The molecule has 4 rings (SSSR count). The number of benzene rings is 2. The highest BCUT2D eigenvalue weighted by Gasteiger charge is 2.62. The van der Waals surface area contributed by atoms with Crippen LogP contribution in [0.5, 0.6) is 5.75 Å². The van der Waals surface area contributed by atoms with Crippen LogP contribution in [-0.4, -0.2) is 36.5 Å². The van der Waals surface area contributed by atoms with Gasteiger partial charge in [-0.3, -0.25) is 4.79 Å². The first-order valence-electron chi connectivity index (χ1n) is 10.5. The lowest BCUT2D eigenvalue weighted by atomic mass is 9.50. The normalized spacial score (nSPS) is 29.1. The van der Waals surface area contributed by atoms with E-state index in [1.54, 1.807) is 7.11 Å². The van der Waals surface area contributed by atoms with Gasteiger partial charge in [0.1, 0.15) is 5.75 Å². The molecule has 4 heteroatoms. The summed E-state index contributed by atoms with van der Waals surface area (Å²) in [6.45, 7) is 8.30. The van der Waals surface area contributed by atoms with E-state index in [-0.39, 0.29) is 11.4 Å². The molecule has 1 aliphatic heterocycles. The first kappa shape index (κ1) is 19.3. The predicted molar refractivity (Wildman–Crippen MR) is 114 cm³/mol. The van der Waals surface area contributed by atoms with Gasteiger partial charge in [-0.05, 0) is 53.0 Å². The van der Waals surface area contributed by atoms with Crippen LogP contribution in [0.25, 0.3) is 10.8 Å². The van der Waals surface area contributed by atoms with Gasteiger partial charge in [-0.15, -0.1) is 0 Å². The van der Waals surface area contributed by atoms with Crippen LogP contribution in [-0.2, 0) is 0 Å². The topological polar surface area (TPSA) is 55.6 Å². The molecule has 0 spiro atoms. The van der Waals surface area contributed by atoms with Gasteiger partial charge < -0.3 is 15.4 Å². The van der Waals surface area contributed by atoms with E-state index in [0.717, 1.165) is 36.7 Å². The Morgan fingerprint density at radius 2 is 1.93 bits per heavy atom. The number of fused-ring (bicyclic) bond motifs is 2. The zero-order valence-corrected chi connectivity index (χ0v) is 17.4. The summed E-state index contributed by atoms with van der Waals surface area (Å²) in [7, 11) is 1.63. The zero-order valence-electron chi connectivity index (χ0n) is 17.4. The number of rotatable bonds is 5. The highest BCUT2D eigenvalue weighted by Crippen LogP contribution is 2.56. The summed E-state index contributed by atoms with van der Waals surface area (Å²) in [5.41, 5.74) is 7.44. The van der Waals surface area contributed by atoms with E-state index in [4.69, 9.17) is 10.5 Å². The molecule has 2 fully saturated rings. The largest absolute Gasteiger partial charge is 0.496 e. The lowest BCUT2D eigenvalue weighted by Gasteiger charge is -2.57. The average molecular weight is 381 g/mol. The average Bonchev–Trinajstić information content (AvgIpc) is 3.08. The minimum absolute atomic E-state index is 0.0683. The first-order chi connectivity index (χ1) is 13.4. The van der Waals surface area contributed by atoms with Gasteiger partial charge in [-0.2, -0.15) is 0 Å². The van der Waals surface area contributed by atoms with E-state index >= 15 is 0 Å². The van der Waals surface area contributed by atoms with Crippen LogP contribution in [0.2, 0.25) is 0 Å². The van der Waals surface area contributed by atoms with Gasteiger partial charge >= 0.3 is 0 Å². The van der Waals surface area contributed by atoms with Crippen LogP contribution < -0.4 is 10.5 Å². The number of hydrogen-bond donors (Lipinski definition) is 1. The number of likely N-dealkylation sites (tertiary alicyclic amines) is 1. The fraction of sp³-hybridized carbons (Fsp3) is 0.542. The molecule has 0 aromatic heterocycles. The Bertz CT molecular complexity index is 893. The lowest BCUT2D eigenvalue weighted by molar-refractivity contribution is -0.0317. The van der Waals surface area contributed by atoms with Crippen molar-refractivity contribution in [2.75, 3.05) is 20.2 Å². The summed E-state index contributed by atoms with van der Waals surface area (Å²) < 4.78 is 5.57. The van der Waals surface area contributed by atoms with Crippen LogP contribution in [0.3, 0.4) is 0 Å². The second kappa shape index (κ2) is 7.07. The summed E-state index contributed by atoms with van der Waals surface area (Å²) in [4.78, 5) is 15.4. The number of amides is 1. The van der Waals surface area contributed by atoms with Gasteiger partial charge in [0.2, 0.25) is 0 Å². The van der Waals surface area contributed by atoms with E-state index in [1.165, 1.54) is 0 Å². The maximum absolute atomic E-state index is 13.4. The van der Waals surface area contributed by atoms with Crippen LogP contribution in [0.4, 0.5) is 0 Å². The molecule has 2 N–H and O–H groups in total. The van der Waals surface area contributed by atoms with E-state index in [2.05, 4.69) is 20.8 Å². The second-order valence-electron chi connectivity index (χ2n) is 9.11. The Labute approximate surface area is 168 Å². The number of ether oxygens (including phenoxy) is 1. The molecule has 1 saturated heterocycles. The maximum Gasteiger partial charge on any atom is 0.257 e. The number of carbonyl (C=O) groups excluding carboxylic acids is 1. The van der Waals surface area contributed by atoms with Gasteiger partial charge in [0.05, 0.1) is 12.7 Å². The van der Waals surface area contributed by atoms with Crippen molar-refractivity contribution in [1.82, 2.24) is 4.90 Å². The Morgan fingerprint density at radius 3 is 2.54 bits per heavy atom. The third-order valence-corrected chi connectivity index (χ3v) is 7.05. The van der Waals surface area contributed by atoms with E-state index in [1.807, 2.05) is 41.3 Å². The summed E-state index contributed by atoms with van der Waals surface area (Å²) in [6, 6.07) is 12.0. The second-order valence-corrected chi connectivity index (χ2v) is 9.11. The van der Waals surface area contributed by atoms with Crippen molar-refractivity contribution >= 4 is 16.7 Å². The van der Waals surface area contributed by atoms with Crippen molar-refractivity contribution in [3.8, 4) is 5.75 Å². The molecule has 0 radical (unpaired) electrons. The molecule has 4 nitrogen and oxygen atoms in total. The van der Waals surface area contributed by atoms with E-state index in [9.17, 15) is 4.79 Å². The molecule has 1 amide bonds. The highest BCUT2D eigenvalue weighted by atomic mass is 16.5. The zero-order chi connectivity index (χ0) is 20.1. The Morgan fingerprint density at radius 1 is 1.25 bits per heavy atom. The third-order valence-electron chi connectivity index (χ3n) is 7.05. The molecule has 2 aliphatic rings. The van der Waals surface area contributed by atoms with Crippen LogP contribution in [0.15, 0.2) is 36.4 Å². The Balaban J connectivity index is 1.61. The minimum Gasteiger partial charge on any atom is -0.496 e. The number of methoxy groups -OCH3 is 1. The fourth-order valence-electron chi connectivity index (χ4n) is 5.94. The lowest BCUT2D eigenvalue weighted by Crippen LogP contribution is -2.68. The molecule has 1 heterocycles. The first-order valence-corrected chi connectivity index (χ1v) is 10.5. The molecule has 0 bridgehead atoms. The van der Waals surface area contributed by atoms with Gasteiger partial charge in [0.25, 0.3) is 5.91 Å². The highest BCUT2D eigenvalue weighted by molar-refractivity contribution is 6.01. The molecule has 2 aromatic rings. The van der Waals surface area contributed by atoms with E-state index in [0.29, 0.717) is 35.0 Å². The van der Waals surface area contributed by atoms with Crippen LogP contribution in [0.1, 0.15) is 44.0 Å². The fourth-order valence-corrected chi connectivity index (χ4v) is 5.94. The molecular formula is C24H32N2O2. The van der Waals surface area contributed by atoms with Crippen molar-refractivity contribution in [2.24, 2.45) is 29.4 Å². The van der Waals surface area contributed by atoms with Crippen LogP contribution >= 0.6 is 0 Å². The molecule has 28 heavy (non-hydrogen) atoms. The number of nitrogens with two attached hydrogens (primary N) is 1. The summed E-state index contributed by atoms with van der Waals surface area (Å²) >= 11 is 0. The number of hydrogen-bond acceptors (Lipinski definition) is 3. The van der Waals surface area contributed by atoms with Crippen LogP contribution in [0, 0.1) is 23.7 Å². The summed E-state index contributed by atoms with van der Waals surface area (Å²) in [5.74, 6) is 2.75. The van der Waals surface area contributed by atoms with Crippen molar-refractivity contribution in [3.63, 3.8) is 0 Å². The van der Waals surface area contributed by atoms with Crippen molar-refractivity contribution < 1.29 is 9.53 Å². The SMILES string of the molecule is CC[C@@H]1[C@H]2CN(C(=O)c3cc4ccccc4cc3OC)C[C@H]2C1(N)CC(C)C. The van der Waals surface area contributed by atoms with Crippen molar-refractivity contribution in [2.45, 2.75) is 39.2 Å². The molecule has 1 aliphatic carbocycles. The molecule has 150 valence electrons. The van der Waals surface area contributed by atoms with Crippen molar-refractivity contribution in [1.29, 1.82) is 0 Å². The predicted octanol–water partition coefficient (Wildman–Crippen LogP) is 4.32. The van der Waals surface area contributed by atoms with E-state index < -0.39 is 0 Å². The summed E-state index contributed by atoms with van der Waals surface area (Å²) in [5, 5.41) is 2.15. The quantitative estimate of drug-likeness (QED) is 0.840. The third kappa shape index (κ3) is 2.89. The van der Waals surface area contributed by atoms with Gasteiger partial charge in [0, 0.05) is 18.6 Å². The molecule has 1 unspecified atom stereocenters. The number of nitrogens with zero attached hydrogens (tertiary/aromatic N) is 1. The van der Waals surface area contributed by atoms with Gasteiger partial charge in [0.15, 0.2) is 0 Å². The smallest absolute Gasteiger partial charge is 0.257 e. The van der Waals surface area contributed by atoms with Gasteiger partial charge in [-0.1, -0.05) is 51.5 Å². The minimum atomic E-state index is -0.129. The molecule has 2 aromatic carbocycles. The van der Waals surface area contributed by atoms with Crippen molar-refractivity contribution in [3.05, 3.63) is 42.0 Å². The number of carbonyl (C=O) groups is 1. The monoisotopic (exact) mass is 380 g/mol.